The van der Waals surface area contributed by atoms with Crippen LogP contribution in [-0.2, 0) is 19.6 Å². The van der Waals surface area contributed by atoms with E-state index in [9.17, 15) is 18.0 Å². The Morgan fingerprint density at radius 1 is 1.09 bits per heavy atom. The highest BCUT2D eigenvalue weighted by Crippen LogP contribution is 2.26. The van der Waals surface area contributed by atoms with Gasteiger partial charge in [0.05, 0.1) is 6.26 Å². The van der Waals surface area contributed by atoms with Gasteiger partial charge in [0.25, 0.3) is 5.91 Å². The van der Waals surface area contributed by atoms with Gasteiger partial charge in [-0.25, -0.2) is 18.2 Å². The van der Waals surface area contributed by atoms with Gasteiger partial charge in [-0.3, -0.25) is 14.8 Å². The first kappa shape index (κ1) is 24.2. The van der Waals surface area contributed by atoms with Crippen LogP contribution in [0.1, 0.15) is 37.7 Å². The van der Waals surface area contributed by atoms with E-state index in [1.54, 1.807) is 11.6 Å². The number of hydrogen-bond acceptors (Lipinski definition) is 6. The van der Waals surface area contributed by atoms with Crippen molar-refractivity contribution in [1.29, 1.82) is 0 Å². The molecule has 2 aliphatic heterocycles. The number of sulfonamides is 1. The molecule has 0 unspecified atom stereocenters. The van der Waals surface area contributed by atoms with Gasteiger partial charge < -0.3 is 10.2 Å². The minimum atomic E-state index is -3.15. The van der Waals surface area contributed by atoms with Crippen LogP contribution in [-0.4, -0.2) is 68.2 Å². The van der Waals surface area contributed by atoms with Gasteiger partial charge in [0.2, 0.25) is 15.9 Å². The first-order valence-electron chi connectivity index (χ1n) is 11.0. The maximum Gasteiger partial charge on any atom is 0.267 e. The molecule has 0 aromatic heterocycles. The van der Waals surface area contributed by atoms with Crippen LogP contribution < -0.4 is 15.7 Å². The Balaban J connectivity index is 1.46. The maximum atomic E-state index is 12.5. The number of piperidine rings is 2. The molecule has 0 bridgehead atoms. The summed E-state index contributed by atoms with van der Waals surface area (Å²) < 4.78 is 24.7. The third kappa shape index (κ3) is 6.78. The monoisotopic (exact) mass is 464 g/mol. The van der Waals surface area contributed by atoms with Gasteiger partial charge in [0.15, 0.2) is 0 Å². The SMILES string of the molecule is CS(=O)(=O)N1CCC(CC(=O)NC2CCN(c3ccccc3C=CC(=O)NO)CC2)CC1. The summed E-state index contributed by atoms with van der Waals surface area (Å²) in [6.07, 6.45) is 7.72. The second-order valence-electron chi connectivity index (χ2n) is 8.51. The molecule has 2 saturated heterocycles. The summed E-state index contributed by atoms with van der Waals surface area (Å²) in [6.45, 7) is 2.55. The number of benzene rings is 1. The highest BCUT2D eigenvalue weighted by atomic mass is 32.2. The zero-order valence-electron chi connectivity index (χ0n) is 18.4. The molecule has 0 spiro atoms. The van der Waals surface area contributed by atoms with Gasteiger partial charge in [0.1, 0.15) is 0 Å². The van der Waals surface area contributed by atoms with Crippen molar-refractivity contribution in [2.75, 3.05) is 37.3 Å². The van der Waals surface area contributed by atoms with Crippen molar-refractivity contribution in [3.63, 3.8) is 0 Å². The number of para-hydroxylation sites is 1. The molecule has 3 rings (SSSR count). The van der Waals surface area contributed by atoms with E-state index in [0.717, 1.165) is 50.0 Å². The minimum Gasteiger partial charge on any atom is -0.371 e. The highest BCUT2D eigenvalue weighted by molar-refractivity contribution is 7.88. The third-order valence-electron chi connectivity index (χ3n) is 6.18. The Bertz CT molecular complexity index is 933. The van der Waals surface area contributed by atoms with E-state index in [1.165, 1.54) is 16.6 Å². The quantitative estimate of drug-likeness (QED) is 0.318. The Labute approximate surface area is 189 Å². The van der Waals surface area contributed by atoms with Crippen LogP contribution in [0.2, 0.25) is 0 Å². The summed E-state index contributed by atoms with van der Waals surface area (Å²) >= 11 is 0. The van der Waals surface area contributed by atoms with E-state index in [1.807, 2.05) is 24.3 Å². The molecule has 2 fully saturated rings. The van der Waals surface area contributed by atoms with Crippen molar-refractivity contribution in [2.45, 2.75) is 38.1 Å². The van der Waals surface area contributed by atoms with Gasteiger partial charge in [-0.2, -0.15) is 0 Å². The fraction of sp³-hybridized carbons (Fsp3) is 0.545. The molecule has 2 aliphatic rings. The predicted octanol–water partition coefficient (Wildman–Crippen LogP) is 1.35. The molecule has 3 N–H and O–H groups in total. The van der Waals surface area contributed by atoms with E-state index >= 15 is 0 Å². The fourth-order valence-corrected chi connectivity index (χ4v) is 5.25. The topological polar surface area (TPSA) is 119 Å². The predicted molar refractivity (Wildman–Crippen MR) is 123 cm³/mol. The molecule has 32 heavy (non-hydrogen) atoms. The summed E-state index contributed by atoms with van der Waals surface area (Å²) in [4.78, 5) is 26.0. The molecule has 1 aromatic rings. The van der Waals surface area contributed by atoms with E-state index in [4.69, 9.17) is 5.21 Å². The number of carbonyl (C=O) groups is 2. The van der Waals surface area contributed by atoms with Gasteiger partial charge in [0, 0.05) is 50.4 Å². The Kier molecular flexibility index (Phi) is 8.27. The molecule has 0 radical (unpaired) electrons. The number of amides is 2. The third-order valence-corrected chi connectivity index (χ3v) is 7.48. The van der Waals surface area contributed by atoms with Crippen molar-refractivity contribution >= 4 is 33.6 Å². The molecule has 9 nitrogen and oxygen atoms in total. The van der Waals surface area contributed by atoms with Crippen LogP contribution in [0.15, 0.2) is 30.3 Å². The Hall–Kier alpha value is -2.43. The lowest BCUT2D eigenvalue weighted by Gasteiger charge is -2.35. The minimum absolute atomic E-state index is 0.0413. The van der Waals surface area contributed by atoms with E-state index < -0.39 is 15.9 Å². The maximum absolute atomic E-state index is 12.5. The molecule has 1 aromatic carbocycles. The number of carbonyl (C=O) groups excluding carboxylic acids is 2. The van der Waals surface area contributed by atoms with Gasteiger partial charge >= 0.3 is 0 Å². The molecule has 0 aliphatic carbocycles. The molecule has 0 atom stereocenters. The zero-order chi connectivity index (χ0) is 23.1. The first-order valence-corrected chi connectivity index (χ1v) is 12.8. The average molecular weight is 465 g/mol. The van der Waals surface area contributed by atoms with Crippen molar-refractivity contribution in [3.05, 3.63) is 35.9 Å². The van der Waals surface area contributed by atoms with Gasteiger partial charge in [-0.1, -0.05) is 18.2 Å². The lowest BCUT2D eigenvalue weighted by atomic mass is 9.94. The highest BCUT2D eigenvalue weighted by Gasteiger charge is 2.27. The Morgan fingerprint density at radius 3 is 2.38 bits per heavy atom. The van der Waals surface area contributed by atoms with Crippen LogP contribution in [0, 0.1) is 5.92 Å². The van der Waals surface area contributed by atoms with E-state index in [2.05, 4.69) is 10.2 Å². The summed E-state index contributed by atoms with van der Waals surface area (Å²) in [5, 5.41) is 11.8. The van der Waals surface area contributed by atoms with Crippen molar-refractivity contribution in [1.82, 2.24) is 15.1 Å². The largest absolute Gasteiger partial charge is 0.371 e. The van der Waals surface area contributed by atoms with Crippen molar-refractivity contribution in [2.24, 2.45) is 5.92 Å². The molecule has 10 heteroatoms. The summed E-state index contributed by atoms with van der Waals surface area (Å²) in [7, 11) is -3.15. The number of anilines is 1. The van der Waals surface area contributed by atoms with Crippen molar-refractivity contribution in [3.8, 4) is 0 Å². The van der Waals surface area contributed by atoms with Crippen molar-refractivity contribution < 1.29 is 23.2 Å². The number of nitrogens with one attached hydrogen (secondary N) is 2. The molecule has 176 valence electrons. The number of nitrogens with zero attached hydrogens (tertiary/aromatic N) is 2. The van der Waals surface area contributed by atoms with Gasteiger partial charge in [-0.05, 0) is 49.3 Å². The van der Waals surface area contributed by atoms with Crippen LogP contribution >= 0.6 is 0 Å². The van der Waals surface area contributed by atoms with Gasteiger partial charge in [-0.15, -0.1) is 0 Å². The molecule has 2 amide bonds. The van der Waals surface area contributed by atoms with Crippen LogP contribution in [0.4, 0.5) is 5.69 Å². The summed E-state index contributed by atoms with van der Waals surface area (Å²) in [6, 6.07) is 7.88. The number of rotatable bonds is 7. The standard InChI is InChI=1S/C22H32N4O5S/c1-32(30,31)26-14-8-17(9-15-26)16-22(28)23-19-10-12-25(13-11-19)20-5-3-2-4-18(20)6-7-21(27)24-29/h2-7,17,19,29H,8-16H2,1H3,(H,23,28)(H,24,27). The molecular formula is C22H32N4O5S. The fourth-order valence-electron chi connectivity index (χ4n) is 4.38. The second-order valence-corrected chi connectivity index (χ2v) is 10.5. The zero-order valence-corrected chi connectivity index (χ0v) is 19.2. The molecule has 2 heterocycles. The summed E-state index contributed by atoms with van der Waals surface area (Å²) in [5.41, 5.74) is 3.49. The number of hydroxylamine groups is 1. The Morgan fingerprint density at radius 2 is 1.75 bits per heavy atom. The van der Waals surface area contributed by atoms with Crippen LogP contribution in [0.5, 0.6) is 0 Å². The second kappa shape index (κ2) is 10.9. The average Bonchev–Trinajstić information content (AvgIpc) is 2.78. The lowest BCUT2D eigenvalue weighted by Crippen LogP contribution is -2.45. The summed E-state index contributed by atoms with van der Waals surface area (Å²) in [5.74, 6) is -0.314. The van der Waals surface area contributed by atoms with E-state index in [-0.39, 0.29) is 17.9 Å². The van der Waals surface area contributed by atoms with Crippen LogP contribution in [0.25, 0.3) is 6.08 Å². The smallest absolute Gasteiger partial charge is 0.267 e. The van der Waals surface area contributed by atoms with E-state index in [0.29, 0.717) is 19.5 Å². The molecular weight excluding hydrogens is 432 g/mol. The molecule has 0 saturated carbocycles. The lowest BCUT2D eigenvalue weighted by molar-refractivity contribution is -0.124. The van der Waals surface area contributed by atoms with Crippen LogP contribution in [0.3, 0.4) is 0 Å². The number of hydrogen-bond donors (Lipinski definition) is 3. The normalized spacial score (nSPS) is 19.2. The first-order chi connectivity index (χ1) is 15.3.